The Balaban J connectivity index is 1.97. The summed E-state index contributed by atoms with van der Waals surface area (Å²) in [5.74, 6) is 0.0184. The fourth-order valence-corrected chi connectivity index (χ4v) is 3.09. The molecule has 1 aliphatic rings. The van der Waals surface area contributed by atoms with E-state index in [-0.39, 0.29) is 23.5 Å². The molecule has 2 rings (SSSR count). The zero-order valence-electron chi connectivity index (χ0n) is 12.3. The summed E-state index contributed by atoms with van der Waals surface area (Å²) in [5, 5.41) is 14.5. The van der Waals surface area contributed by atoms with Crippen LogP contribution in [0.4, 0.5) is 10.5 Å². The Morgan fingerprint density at radius 1 is 1.24 bits per heavy atom. The van der Waals surface area contributed by atoms with Crippen molar-refractivity contribution in [3.05, 3.63) is 24.0 Å². The van der Waals surface area contributed by atoms with Crippen LogP contribution in [0.3, 0.4) is 0 Å². The maximum absolute atomic E-state index is 12.0. The number of aromatic carboxylic acids is 1. The number of carboxylic acid groups (broad SMARTS) is 1. The number of carbonyl (C=O) groups excluding carboxylic acids is 1. The van der Waals surface area contributed by atoms with Gasteiger partial charge in [0.2, 0.25) is 0 Å². The van der Waals surface area contributed by atoms with E-state index in [1.807, 2.05) is 0 Å². The molecule has 1 aromatic rings. The van der Waals surface area contributed by atoms with Crippen LogP contribution < -0.4 is 10.6 Å². The van der Waals surface area contributed by atoms with Crippen LogP contribution in [0.2, 0.25) is 0 Å². The van der Waals surface area contributed by atoms with Crippen molar-refractivity contribution < 1.29 is 14.7 Å². The van der Waals surface area contributed by atoms with Crippen LogP contribution in [0.25, 0.3) is 0 Å². The third-order valence-corrected chi connectivity index (χ3v) is 3.77. The van der Waals surface area contributed by atoms with Crippen LogP contribution in [0, 0.1) is 11.8 Å². The maximum atomic E-state index is 12.0. The number of carbonyl (C=O) groups is 2. The van der Waals surface area contributed by atoms with Crippen molar-refractivity contribution in [3.8, 4) is 0 Å². The minimum atomic E-state index is -1.16. The Kier molecular flexibility index (Phi) is 4.77. The topological polar surface area (TPSA) is 91.3 Å². The van der Waals surface area contributed by atoms with E-state index in [0.717, 1.165) is 12.8 Å². The van der Waals surface area contributed by atoms with Gasteiger partial charge in [-0.2, -0.15) is 0 Å². The molecule has 2 unspecified atom stereocenters. The Hall–Kier alpha value is -2.11. The van der Waals surface area contributed by atoms with E-state index < -0.39 is 5.97 Å². The number of amides is 2. The van der Waals surface area contributed by atoms with Crippen molar-refractivity contribution in [3.63, 3.8) is 0 Å². The molecule has 114 valence electrons. The number of nitrogens with one attached hydrogen (secondary N) is 2. The zero-order chi connectivity index (χ0) is 15.4. The summed E-state index contributed by atoms with van der Waals surface area (Å²) < 4.78 is 0. The summed E-state index contributed by atoms with van der Waals surface area (Å²) in [7, 11) is 0. The lowest BCUT2D eigenvalue weighted by molar-refractivity contribution is 0.0691. The number of rotatable bonds is 3. The molecule has 6 nitrogen and oxygen atoms in total. The van der Waals surface area contributed by atoms with E-state index in [0.29, 0.717) is 11.8 Å². The number of urea groups is 1. The van der Waals surface area contributed by atoms with Crippen LogP contribution >= 0.6 is 0 Å². The van der Waals surface area contributed by atoms with Gasteiger partial charge in [0.25, 0.3) is 0 Å². The molecule has 3 N–H and O–H groups in total. The minimum Gasteiger partial charge on any atom is -0.476 e. The van der Waals surface area contributed by atoms with Crippen LogP contribution in [0.15, 0.2) is 18.3 Å². The Morgan fingerprint density at radius 2 is 1.90 bits per heavy atom. The summed E-state index contributed by atoms with van der Waals surface area (Å²) in [6.07, 6.45) is 4.48. The normalized spacial score (nSPS) is 25.1. The van der Waals surface area contributed by atoms with Gasteiger partial charge in [-0.25, -0.2) is 14.6 Å². The maximum Gasteiger partial charge on any atom is 0.356 e. The number of anilines is 1. The first-order chi connectivity index (χ1) is 9.95. The highest BCUT2D eigenvalue weighted by molar-refractivity contribution is 5.98. The molecule has 0 saturated heterocycles. The molecule has 1 aliphatic carbocycles. The molecular formula is C15H21N3O3. The van der Waals surface area contributed by atoms with Gasteiger partial charge in [-0.1, -0.05) is 13.8 Å². The highest BCUT2D eigenvalue weighted by atomic mass is 16.4. The Morgan fingerprint density at radius 3 is 2.52 bits per heavy atom. The quantitative estimate of drug-likeness (QED) is 0.798. The third-order valence-electron chi connectivity index (χ3n) is 3.77. The van der Waals surface area contributed by atoms with E-state index in [1.165, 1.54) is 18.7 Å². The van der Waals surface area contributed by atoms with E-state index in [2.05, 4.69) is 29.5 Å². The highest BCUT2D eigenvalue weighted by Gasteiger charge is 2.25. The fraction of sp³-hybridized carbons (Fsp3) is 0.533. The van der Waals surface area contributed by atoms with Crippen molar-refractivity contribution in [2.24, 2.45) is 11.8 Å². The second-order valence-electron chi connectivity index (χ2n) is 5.92. The molecule has 0 bridgehead atoms. The number of aromatic nitrogens is 1. The average molecular weight is 291 g/mol. The predicted molar refractivity (Wildman–Crippen MR) is 79.3 cm³/mol. The van der Waals surface area contributed by atoms with Crippen LogP contribution in [0.1, 0.15) is 43.6 Å². The van der Waals surface area contributed by atoms with Gasteiger partial charge < -0.3 is 15.7 Å². The minimum absolute atomic E-state index is 0.133. The van der Waals surface area contributed by atoms with Gasteiger partial charge in [0, 0.05) is 12.2 Å². The standard InChI is InChI=1S/C15H21N3O3/c1-9-6-10(2)8-11(7-9)17-15(21)18-12-4-3-5-16-13(12)14(19)20/h3-5,9-11H,6-8H2,1-2H3,(H,19,20)(H2,17,18,21). The number of hydrogen-bond acceptors (Lipinski definition) is 3. The first-order valence-corrected chi connectivity index (χ1v) is 7.21. The van der Waals surface area contributed by atoms with E-state index in [9.17, 15) is 9.59 Å². The smallest absolute Gasteiger partial charge is 0.356 e. The van der Waals surface area contributed by atoms with Crippen LogP contribution in [0.5, 0.6) is 0 Å². The Bertz CT molecular complexity index is 523. The summed E-state index contributed by atoms with van der Waals surface area (Å²) in [4.78, 5) is 26.8. The zero-order valence-corrected chi connectivity index (χ0v) is 12.3. The van der Waals surface area contributed by atoms with Crippen molar-refractivity contribution in [2.45, 2.75) is 39.2 Å². The molecule has 0 aromatic carbocycles. The van der Waals surface area contributed by atoms with Crippen LogP contribution in [-0.4, -0.2) is 28.1 Å². The number of carboxylic acids is 1. The third kappa shape index (κ3) is 4.18. The Labute approximate surface area is 124 Å². The molecule has 1 heterocycles. The molecule has 0 radical (unpaired) electrons. The second kappa shape index (κ2) is 6.56. The van der Waals surface area contributed by atoms with Gasteiger partial charge in [-0.15, -0.1) is 0 Å². The van der Waals surface area contributed by atoms with E-state index >= 15 is 0 Å². The SMILES string of the molecule is CC1CC(C)CC(NC(=O)Nc2cccnc2C(=O)O)C1. The lowest BCUT2D eigenvalue weighted by atomic mass is 9.80. The molecule has 0 aliphatic heterocycles. The molecule has 6 heteroatoms. The number of nitrogens with zero attached hydrogens (tertiary/aromatic N) is 1. The fourth-order valence-electron chi connectivity index (χ4n) is 3.09. The summed E-state index contributed by atoms with van der Waals surface area (Å²) in [6, 6.07) is 2.88. The van der Waals surface area contributed by atoms with Crippen molar-refractivity contribution >= 4 is 17.7 Å². The van der Waals surface area contributed by atoms with Crippen molar-refractivity contribution in [2.75, 3.05) is 5.32 Å². The van der Waals surface area contributed by atoms with Crippen molar-refractivity contribution in [1.29, 1.82) is 0 Å². The molecular weight excluding hydrogens is 270 g/mol. The summed E-state index contributed by atoms with van der Waals surface area (Å²) in [5.41, 5.74) is 0.0532. The van der Waals surface area contributed by atoms with Gasteiger partial charge in [0.05, 0.1) is 5.69 Å². The first kappa shape index (κ1) is 15.3. The first-order valence-electron chi connectivity index (χ1n) is 7.21. The van der Waals surface area contributed by atoms with E-state index in [1.54, 1.807) is 6.07 Å². The largest absolute Gasteiger partial charge is 0.476 e. The lowest BCUT2D eigenvalue weighted by Crippen LogP contribution is -2.42. The molecule has 1 fully saturated rings. The second-order valence-corrected chi connectivity index (χ2v) is 5.92. The predicted octanol–water partition coefficient (Wildman–Crippen LogP) is 2.73. The van der Waals surface area contributed by atoms with E-state index in [4.69, 9.17) is 5.11 Å². The molecule has 0 spiro atoms. The lowest BCUT2D eigenvalue weighted by Gasteiger charge is -2.31. The summed E-state index contributed by atoms with van der Waals surface area (Å²) >= 11 is 0. The highest BCUT2D eigenvalue weighted by Crippen LogP contribution is 2.28. The van der Waals surface area contributed by atoms with Gasteiger partial charge in [0.15, 0.2) is 5.69 Å². The van der Waals surface area contributed by atoms with Crippen LogP contribution in [-0.2, 0) is 0 Å². The van der Waals surface area contributed by atoms with Gasteiger partial charge in [-0.3, -0.25) is 0 Å². The monoisotopic (exact) mass is 291 g/mol. The molecule has 2 atom stereocenters. The molecule has 21 heavy (non-hydrogen) atoms. The van der Waals surface area contributed by atoms with Gasteiger partial charge in [0.1, 0.15) is 0 Å². The van der Waals surface area contributed by atoms with Crippen molar-refractivity contribution in [1.82, 2.24) is 10.3 Å². The molecule has 2 amide bonds. The number of pyridine rings is 1. The summed E-state index contributed by atoms with van der Waals surface area (Å²) in [6.45, 7) is 4.37. The number of hydrogen-bond donors (Lipinski definition) is 3. The average Bonchev–Trinajstić information content (AvgIpc) is 2.37. The van der Waals surface area contributed by atoms with Gasteiger partial charge in [-0.05, 0) is 43.2 Å². The molecule has 1 aromatic heterocycles. The molecule has 1 saturated carbocycles. The van der Waals surface area contributed by atoms with Gasteiger partial charge >= 0.3 is 12.0 Å².